The Bertz CT molecular complexity index is 314. The van der Waals surface area contributed by atoms with E-state index in [1.807, 2.05) is 19.1 Å². The van der Waals surface area contributed by atoms with Crippen LogP contribution < -0.4 is 0 Å². The minimum atomic E-state index is -0.945. The largest absolute Gasteiger partial charge is 0.478 e. The maximum Gasteiger partial charge on any atom is 0.328 e. The Morgan fingerprint density at radius 1 is 1.62 bits per heavy atom. The van der Waals surface area contributed by atoms with Gasteiger partial charge in [-0.05, 0) is 24.1 Å². The SMILES string of the molecule is CCc1ccc(/C=C/C(=O)O)cn1. The van der Waals surface area contributed by atoms with Gasteiger partial charge in [0.05, 0.1) is 0 Å². The minimum absolute atomic E-state index is 0.805. The lowest BCUT2D eigenvalue weighted by Gasteiger charge is -1.95. The van der Waals surface area contributed by atoms with Gasteiger partial charge in [0.15, 0.2) is 0 Å². The van der Waals surface area contributed by atoms with Crippen molar-refractivity contribution in [2.24, 2.45) is 0 Å². The van der Waals surface area contributed by atoms with Crippen molar-refractivity contribution >= 4 is 12.0 Å². The summed E-state index contributed by atoms with van der Waals surface area (Å²) in [7, 11) is 0. The van der Waals surface area contributed by atoms with Crippen LogP contribution in [0.15, 0.2) is 24.4 Å². The van der Waals surface area contributed by atoms with Crippen molar-refractivity contribution in [2.45, 2.75) is 13.3 Å². The van der Waals surface area contributed by atoms with Crippen molar-refractivity contribution in [1.29, 1.82) is 0 Å². The molecule has 0 fully saturated rings. The van der Waals surface area contributed by atoms with Gasteiger partial charge in [-0.1, -0.05) is 13.0 Å². The lowest BCUT2D eigenvalue weighted by Crippen LogP contribution is -1.88. The molecule has 1 N–H and O–H groups in total. The van der Waals surface area contributed by atoms with E-state index in [0.29, 0.717) is 0 Å². The Hall–Kier alpha value is -1.64. The van der Waals surface area contributed by atoms with Crippen molar-refractivity contribution in [1.82, 2.24) is 4.98 Å². The number of carbonyl (C=O) groups is 1. The molecule has 3 nitrogen and oxygen atoms in total. The van der Waals surface area contributed by atoms with E-state index >= 15 is 0 Å². The number of carboxylic acid groups (broad SMARTS) is 1. The Kier molecular flexibility index (Phi) is 3.20. The predicted molar refractivity (Wildman–Crippen MR) is 50.3 cm³/mol. The van der Waals surface area contributed by atoms with E-state index in [1.54, 1.807) is 6.20 Å². The number of carboxylic acids is 1. The highest BCUT2D eigenvalue weighted by Crippen LogP contribution is 2.02. The Balaban J connectivity index is 2.75. The van der Waals surface area contributed by atoms with Gasteiger partial charge in [-0.25, -0.2) is 4.79 Å². The fraction of sp³-hybridized carbons (Fsp3) is 0.200. The highest BCUT2D eigenvalue weighted by Gasteiger charge is 1.91. The maximum absolute atomic E-state index is 10.2. The van der Waals surface area contributed by atoms with Crippen molar-refractivity contribution in [3.63, 3.8) is 0 Å². The molecule has 0 atom stereocenters. The average molecular weight is 177 g/mol. The molecule has 0 saturated carbocycles. The maximum atomic E-state index is 10.2. The Labute approximate surface area is 76.7 Å². The van der Waals surface area contributed by atoms with E-state index in [9.17, 15) is 4.79 Å². The first-order valence-corrected chi connectivity index (χ1v) is 4.08. The lowest BCUT2D eigenvalue weighted by molar-refractivity contribution is -0.131. The summed E-state index contributed by atoms with van der Waals surface area (Å²) < 4.78 is 0. The van der Waals surface area contributed by atoms with Crippen molar-refractivity contribution in [2.75, 3.05) is 0 Å². The smallest absolute Gasteiger partial charge is 0.328 e. The van der Waals surface area contributed by atoms with Gasteiger partial charge >= 0.3 is 5.97 Å². The van der Waals surface area contributed by atoms with Gasteiger partial charge in [0.1, 0.15) is 0 Å². The van der Waals surface area contributed by atoms with Gasteiger partial charge in [0, 0.05) is 18.0 Å². The van der Waals surface area contributed by atoms with Crippen LogP contribution in [0.5, 0.6) is 0 Å². The number of aromatic nitrogens is 1. The van der Waals surface area contributed by atoms with Crippen LogP contribution in [0.3, 0.4) is 0 Å². The molecule has 1 rings (SSSR count). The molecule has 0 radical (unpaired) electrons. The number of nitrogens with zero attached hydrogens (tertiary/aromatic N) is 1. The van der Waals surface area contributed by atoms with E-state index in [4.69, 9.17) is 5.11 Å². The summed E-state index contributed by atoms with van der Waals surface area (Å²) in [6.45, 7) is 2.02. The van der Waals surface area contributed by atoms with Crippen LogP contribution in [-0.2, 0) is 11.2 Å². The van der Waals surface area contributed by atoms with Crippen LogP contribution in [-0.4, -0.2) is 16.1 Å². The highest BCUT2D eigenvalue weighted by atomic mass is 16.4. The summed E-state index contributed by atoms with van der Waals surface area (Å²) in [6.07, 6.45) is 5.18. The monoisotopic (exact) mass is 177 g/mol. The molecule has 0 bridgehead atoms. The second-order valence-electron chi connectivity index (χ2n) is 2.61. The third-order valence-corrected chi connectivity index (χ3v) is 1.63. The van der Waals surface area contributed by atoms with Gasteiger partial charge in [-0.3, -0.25) is 4.98 Å². The molecule has 3 heteroatoms. The molecule has 0 aliphatic heterocycles. The summed E-state index contributed by atoms with van der Waals surface area (Å²) in [4.78, 5) is 14.3. The van der Waals surface area contributed by atoms with Crippen molar-refractivity contribution in [3.8, 4) is 0 Å². The first-order valence-electron chi connectivity index (χ1n) is 4.08. The zero-order valence-electron chi connectivity index (χ0n) is 7.40. The van der Waals surface area contributed by atoms with Crippen LogP contribution in [0, 0.1) is 0 Å². The van der Waals surface area contributed by atoms with E-state index < -0.39 is 5.97 Å². The lowest BCUT2D eigenvalue weighted by atomic mass is 10.2. The number of hydrogen-bond acceptors (Lipinski definition) is 2. The molecule has 0 aromatic carbocycles. The normalized spacial score (nSPS) is 10.5. The second-order valence-corrected chi connectivity index (χ2v) is 2.61. The number of hydrogen-bond donors (Lipinski definition) is 1. The quantitative estimate of drug-likeness (QED) is 0.715. The first kappa shape index (κ1) is 9.45. The van der Waals surface area contributed by atoms with Gasteiger partial charge < -0.3 is 5.11 Å². The predicted octanol–water partition coefficient (Wildman–Crippen LogP) is 1.74. The average Bonchev–Trinajstić information content (AvgIpc) is 2.15. The first-order chi connectivity index (χ1) is 6.22. The number of aliphatic carboxylic acids is 1. The zero-order valence-corrected chi connectivity index (χ0v) is 7.40. The summed E-state index contributed by atoms with van der Waals surface area (Å²) in [5.41, 5.74) is 1.81. The third-order valence-electron chi connectivity index (χ3n) is 1.63. The number of pyridine rings is 1. The molecule has 1 aromatic rings. The van der Waals surface area contributed by atoms with Gasteiger partial charge in [-0.15, -0.1) is 0 Å². The van der Waals surface area contributed by atoms with E-state index in [2.05, 4.69) is 4.98 Å². The van der Waals surface area contributed by atoms with E-state index in [0.717, 1.165) is 23.8 Å². The third kappa shape index (κ3) is 3.07. The molecule has 0 unspecified atom stereocenters. The standard InChI is InChI=1S/C10H11NO2/c1-2-9-5-3-8(7-11-9)4-6-10(12)13/h3-7H,2H2,1H3,(H,12,13)/b6-4+. The Morgan fingerprint density at radius 2 is 2.38 bits per heavy atom. The molecule has 1 heterocycles. The van der Waals surface area contributed by atoms with Crippen molar-refractivity contribution in [3.05, 3.63) is 35.7 Å². The van der Waals surface area contributed by atoms with Gasteiger partial charge in [0.25, 0.3) is 0 Å². The van der Waals surface area contributed by atoms with Crippen LogP contribution >= 0.6 is 0 Å². The molecule has 0 saturated heterocycles. The van der Waals surface area contributed by atoms with E-state index in [1.165, 1.54) is 6.08 Å². The number of rotatable bonds is 3. The van der Waals surface area contributed by atoms with Crippen LogP contribution in [0.1, 0.15) is 18.2 Å². The van der Waals surface area contributed by atoms with Gasteiger partial charge in [-0.2, -0.15) is 0 Å². The van der Waals surface area contributed by atoms with Crippen LogP contribution in [0.4, 0.5) is 0 Å². The molecule has 0 aliphatic rings. The fourth-order valence-corrected chi connectivity index (χ4v) is 0.911. The molecular weight excluding hydrogens is 166 g/mol. The summed E-state index contributed by atoms with van der Waals surface area (Å²) in [5.74, 6) is -0.945. The van der Waals surface area contributed by atoms with Crippen LogP contribution in [0.25, 0.3) is 6.08 Å². The minimum Gasteiger partial charge on any atom is -0.478 e. The summed E-state index contributed by atoms with van der Waals surface area (Å²) in [5, 5.41) is 8.37. The highest BCUT2D eigenvalue weighted by molar-refractivity contribution is 5.85. The zero-order chi connectivity index (χ0) is 9.68. The number of aryl methyl sites for hydroxylation is 1. The van der Waals surface area contributed by atoms with Gasteiger partial charge in [0.2, 0.25) is 0 Å². The summed E-state index contributed by atoms with van der Waals surface area (Å²) >= 11 is 0. The summed E-state index contributed by atoms with van der Waals surface area (Å²) in [6, 6.07) is 3.74. The molecule has 13 heavy (non-hydrogen) atoms. The fourth-order valence-electron chi connectivity index (χ4n) is 0.911. The second kappa shape index (κ2) is 4.40. The Morgan fingerprint density at radius 3 is 2.85 bits per heavy atom. The topological polar surface area (TPSA) is 50.2 Å². The molecule has 0 amide bonds. The molecule has 0 spiro atoms. The van der Waals surface area contributed by atoms with E-state index in [-0.39, 0.29) is 0 Å². The molecule has 1 aromatic heterocycles. The van der Waals surface area contributed by atoms with Crippen molar-refractivity contribution < 1.29 is 9.90 Å². The molecule has 68 valence electrons. The molecular formula is C10H11NO2. The molecule has 0 aliphatic carbocycles. The van der Waals surface area contributed by atoms with Crippen LogP contribution in [0.2, 0.25) is 0 Å².